The zero-order valence-electron chi connectivity index (χ0n) is 26.9. The number of fused-ring (bicyclic) bond motifs is 4. The monoisotopic (exact) mass is 586 g/mol. The molecule has 42 heavy (non-hydrogen) atoms. The second-order valence-electron chi connectivity index (χ2n) is 14.5. The van der Waals surface area contributed by atoms with E-state index in [0.717, 1.165) is 51.9 Å². The molecule has 7 nitrogen and oxygen atoms in total. The molecule has 0 bridgehead atoms. The number of carboxylic acid groups (broad SMARTS) is 2. The molecule has 0 aliphatic heterocycles. The molecule has 0 saturated heterocycles. The third-order valence-electron chi connectivity index (χ3n) is 11.1. The van der Waals surface area contributed by atoms with Crippen LogP contribution in [0.25, 0.3) is 0 Å². The molecule has 4 aliphatic carbocycles. The second-order valence-corrected chi connectivity index (χ2v) is 14.5. The Morgan fingerprint density at radius 2 is 1.69 bits per heavy atom. The standard InChI is InChI=1S/C33H50O5.C2H4O2/c1-20(2)21(3)9-8-10-22-11-13-24-23-12-14-26-31(4,5)27(38-29(37)16-15-28(35)36)17-18-32(26,6)30(23)25(34)19-33(22,24)7;1-2(3)4/h13,20,22,25-27,34H,3,8-12,14-19H2,1-2,4-7H3,(H,35,36);1H3,(H,3,4)/t22-,25-,26?,27?,32?,33?;/m0./s1. The van der Waals surface area contributed by atoms with E-state index in [9.17, 15) is 14.7 Å². The number of carbonyl (C=O) groups excluding carboxylic acids is 1. The lowest BCUT2D eigenvalue weighted by atomic mass is 9.46. The molecule has 1 saturated carbocycles. The molecular formula is C35H54O7. The minimum atomic E-state index is -0.980. The second kappa shape index (κ2) is 13.1. The van der Waals surface area contributed by atoms with Gasteiger partial charge in [0.25, 0.3) is 5.97 Å². The summed E-state index contributed by atoms with van der Waals surface area (Å²) in [5.41, 5.74) is 5.18. The molecule has 3 N–H and O–H groups in total. The lowest BCUT2D eigenvalue weighted by Gasteiger charge is -2.60. The molecule has 0 spiro atoms. The van der Waals surface area contributed by atoms with Crippen molar-refractivity contribution in [1.29, 1.82) is 0 Å². The number of esters is 1. The summed E-state index contributed by atoms with van der Waals surface area (Å²) in [5, 5.41) is 28.1. The van der Waals surface area contributed by atoms with Gasteiger partial charge < -0.3 is 20.1 Å². The van der Waals surface area contributed by atoms with E-state index in [4.69, 9.17) is 19.7 Å². The highest BCUT2D eigenvalue weighted by molar-refractivity contribution is 5.76. The van der Waals surface area contributed by atoms with Crippen LogP contribution in [0.1, 0.15) is 119 Å². The number of carboxylic acids is 2. The van der Waals surface area contributed by atoms with Crippen molar-refractivity contribution in [1.82, 2.24) is 0 Å². The van der Waals surface area contributed by atoms with E-state index in [0.29, 0.717) is 17.8 Å². The van der Waals surface area contributed by atoms with Crippen LogP contribution in [0.4, 0.5) is 0 Å². The van der Waals surface area contributed by atoms with Crippen LogP contribution in [0.5, 0.6) is 0 Å². The minimum Gasteiger partial charge on any atom is -0.481 e. The first-order valence-electron chi connectivity index (χ1n) is 15.9. The molecule has 6 atom stereocenters. The fourth-order valence-corrected chi connectivity index (χ4v) is 8.82. The highest BCUT2D eigenvalue weighted by atomic mass is 16.5. The van der Waals surface area contributed by atoms with Crippen molar-refractivity contribution in [2.45, 2.75) is 131 Å². The van der Waals surface area contributed by atoms with Crippen molar-refractivity contribution < 1.29 is 34.4 Å². The lowest BCUT2D eigenvalue weighted by Crippen LogP contribution is -2.56. The summed E-state index contributed by atoms with van der Waals surface area (Å²) < 4.78 is 5.88. The van der Waals surface area contributed by atoms with Gasteiger partial charge in [-0.25, -0.2) is 0 Å². The topological polar surface area (TPSA) is 121 Å². The predicted molar refractivity (Wildman–Crippen MR) is 164 cm³/mol. The lowest BCUT2D eigenvalue weighted by molar-refractivity contribution is -0.171. The summed E-state index contributed by atoms with van der Waals surface area (Å²) in [6, 6.07) is 0. The van der Waals surface area contributed by atoms with Gasteiger partial charge >= 0.3 is 11.9 Å². The van der Waals surface area contributed by atoms with Crippen LogP contribution in [-0.4, -0.2) is 45.4 Å². The Balaban J connectivity index is 0.00000114. The molecule has 1 fully saturated rings. The summed E-state index contributed by atoms with van der Waals surface area (Å²) in [7, 11) is 0. The molecule has 7 heteroatoms. The summed E-state index contributed by atoms with van der Waals surface area (Å²) >= 11 is 0. The van der Waals surface area contributed by atoms with Crippen LogP contribution >= 0.6 is 0 Å². The molecule has 0 amide bonds. The van der Waals surface area contributed by atoms with Gasteiger partial charge in [-0.3, -0.25) is 14.4 Å². The van der Waals surface area contributed by atoms with Gasteiger partial charge in [-0.2, -0.15) is 0 Å². The summed E-state index contributed by atoms with van der Waals surface area (Å²) in [5.74, 6) is -0.831. The molecule has 0 aromatic rings. The molecule has 236 valence electrons. The molecular weight excluding hydrogens is 532 g/mol. The van der Waals surface area contributed by atoms with Gasteiger partial charge in [0, 0.05) is 12.3 Å². The van der Waals surface area contributed by atoms with Gasteiger partial charge in [0.1, 0.15) is 6.10 Å². The van der Waals surface area contributed by atoms with Crippen molar-refractivity contribution in [2.24, 2.45) is 34.0 Å². The van der Waals surface area contributed by atoms with Crippen LogP contribution in [0, 0.1) is 34.0 Å². The first-order valence-corrected chi connectivity index (χ1v) is 15.9. The first-order chi connectivity index (χ1) is 19.4. The van der Waals surface area contributed by atoms with Crippen LogP contribution in [0.2, 0.25) is 0 Å². The van der Waals surface area contributed by atoms with Crippen molar-refractivity contribution in [3.05, 3.63) is 34.9 Å². The fraction of sp³-hybridized carbons (Fsp3) is 0.743. The Morgan fingerprint density at radius 1 is 1.05 bits per heavy atom. The zero-order valence-corrected chi connectivity index (χ0v) is 26.9. The Hall–Kier alpha value is -2.41. The quantitative estimate of drug-likeness (QED) is 0.189. The number of rotatable bonds is 9. The number of carbonyl (C=O) groups is 3. The Kier molecular flexibility index (Phi) is 10.6. The number of ether oxygens (including phenoxy) is 1. The third-order valence-corrected chi connectivity index (χ3v) is 11.1. The summed E-state index contributed by atoms with van der Waals surface area (Å²) in [6.07, 6.45) is 10.5. The van der Waals surface area contributed by atoms with E-state index in [1.807, 2.05) is 0 Å². The summed E-state index contributed by atoms with van der Waals surface area (Å²) in [6.45, 7) is 18.9. The SMILES string of the molecule is C=C(CCC[C@H]1CC=C2C3=C([C@@H](O)CC21C)C1(C)CCC(OC(=O)CCC(=O)O)C(C)(C)C1CC3)C(C)C.CC(=O)O. The molecule has 0 aromatic carbocycles. The summed E-state index contributed by atoms with van der Waals surface area (Å²) in [4.78, 5) is 32.3. The number of hydrogen-bond donors (Lipinski definition) is 3. The first kappa shape index (κ1) is 34.1. The third kappa shape index (κ3) is 6.87. The Morgan fingerprint density at radius 3 is 2.29 bits per heavy atom. The highest BCUT2D eigenvalue weighted by Crippen LogP contribution is 2.66. The van der Waals surface area contributed by atoms with Crippen LogP contribution in [-0.2, 0) is 19.1 Å². The average molecular weight is 587 g/mol. The van der Waals surface area contributed by atoms with E-state index in [-0.39, 0.29) is 35.2 Å². The minimum absolute atomic E-state index is 0.0347. The van der Waals surface area contributed by atoms with Crippen molar-refractivity contribution >= 4 is 17.9 Å². The molecule has 0 radical (unpaired) electrons. The highest BCUT2D eigenvalue weighted by Gasteiger charge is 2.60. The largest absolute Gasteiger partial charge is 0.481 e. The number of hydrogen-bond acceptors (Lipinski definition) is 5. The van der Waals surface area contributed by atoms with Crippen LogP contribution in [0.15, 0.2) is 34.9 Å². The number of aliphatic hydroxyl groups is 1. The number of aliphatic hydroxyl groups excluding tert-OH is 1. The van der Waals surface area contributed by atoms with Crippen molar-refractivity contribution in [3.8, 4) is 0 Å². The normalized spacial score (nSPS) is 32.9. The fourth-order valence-electron chi connectivity index (χ4n) is 8.82. The zero-order chi connectivity index (χ0) is 31.6. The van der Waals surface area contributed by atoms with Crippen molar-refractivity contribution in [2.75, 3.05) is 0 Å². The molecule has 4 aliphatic rings. The Bertz CT molecular complexity index is 1120. The molecule has 4 unspecified atom stereocenters. The van der Waals surface area contributed by atoms with E-state index in [1.54, 1.807) is 0 Å². The maximum Gasteiger partial charge on any atom is 0.306 e. The van der Waals surface area contributed by atoms with Crippen molar-refractivity contribution in [3.63, 3.8) is 0 Å². The van der Waals surface area contributed by atoms with E-state index in [1.165, 1.54) is 35.1 Å². The maximum atomic E-state index is 12.4. The van der Waals surface area contributed by atoms with Gasteiger partial charge in [0.2, 0.25) is 0 Å². The molecule has 4 rings (SSSR count). The molecule has 0 aromatic heterocycles. The van der Waals surface area contributed by atoms with E-state index in [2.05, 4.69) is 54.2 Å². The average Bonchev–Trinajstić information content (AvgIpc) is 3.19. The van der Waals surface area contributed by atoms with Gasteiger partial charge in [-0.05, 0) is 103 Å². The van der Waals surface area contributed by atoms with Gasteiger partial charge in [0.05, 0.1) is 18.9 Å². The van der Waals surface area contributed by atoms with Crippen LogP contribution in [0.3, 0.4) is 0 Å². The van der Waals surface area contributed by atoms with Gasteiger partial charge in [0.15, 0.2) is 0 Å². The smallest absolute Gasteiger partial charge is 0.306 e. The van der Waals surface area contributed by atoms with Crippen LogP contribution < -0.4 is 0 Å². The Labute approximate surface area is 252 Å². The van der Waals surface area contributed by atoms with Gasteiger partial charge in [-0.15, -0.1) is 0 Å². The molecule has 0 heterocycles. The van der Waals surface area contributed by atoms with E-state index >= 15 is 0 Å². The van der Waals surface area contributed by atoms with Gasteiger partial charge in [-0.1, -0.05) is 59.8 Å². The predicted octanol–water partition coefficient (Wildman–Crippen LogP) is 7.49. The number of aliphatic carboxylic acids is 2. The number of allylic oxidation sites excluding steroid dienone is 4. The van der Waals surface area contributed by atoms with E-state index < -0.39 is 24.0 Å². The maximum absolute atomic E-state index is 12.4.